The molecule has 1 fully saturated rings. The van der Waals surface area contributed by atoms with Crippen LogP contribution in [0.5, 0.6) is 5.75 Å². The molecule has 0 radical (unpaired) electrons. The van der Waals surface area contributed by atoms with E-state index < -0.39 is 17.7 Å². The molecule has 0 saturated carbocycles. The van der Waals surface area contributed by atoms with Gasteiger partial charge in [-0.1, -0.05) is 38.1 Å². The molecular weight excluding hydrogens is 607 g/mol. The van der Waals surface area contributed by atoms with Gasteiger partial charge in [0.1, 0.15) is 17.4 Å². The number of aliphatic carboxylic acids is 1. The first-order valence-electron chi connectivity index (χ1n) is 16.6. The van der Waals surface area contributed by atoms with Gasteiger partial charge in [0.15, 0.2) is 6.10 Å². The third-order valence-corrected chi connectivity index (χ3v) is 8.68. The number of aryl methyl sites for hydroxylation is 2. The molecule has 48 heavy (non-hydrogen) atoms. The summed E-state index contributed by atoms with van der Waals surface area (Å²) in [6.45, 7) is 15.9. The molecule has 1 aliphatic heterocycles. The summed E-state index contributed by atoms with van der Waals surface area (Å²) >= 11 is 0. The van der Waals surface area contributed by atoms with Gasteiger partial charge in [0.2, 0.25) is 0 Å². The molecule has 0 aliphatic carbocycles. The number of carboxylic acid groups (broad SMARTS) is 1. The Morgan fingerprint density at radius 1 is 1.02 bits per heavy atom. The van der Waals surface area contributed by atoms with Crippen LogP contribution in [-0.2, 0) is 16.0 Å². The van der Waals surface area contributed by atoms with Crippen molar-refractivity contribution >= 4 is 23.2 Å². The van der Waals surface area contributed by atoms with E-state index in [0.717, 1.165) is 59.7 Å². The summed E-state index contributed by atoms with van der Waals surface area (Å²) in [5, 5.41) is 14.1. The molecule has 3 heterocycles. The quantitative estimate of drug-likeness (QED) is 0.166. The molecule has 0 spiro atoms. The number of carboxylic acids is 1. The number of benzene rings is 2. The van der Waals surface area contributed by atoms with Gasteiger partial charge in [0, 0.05) is 42.0 Å². The highest BCUT2D eigenvalue weighted by Gasteiger charge is 2.37. The van der Waals surface area contributed by atoms with Crippen molar-refractivity contribution in [2.24, 2.45) is 5.41 Å². The van der Waals surface area contributed by atoms with Gasteiger partial charge in [-0.3, -0.25) is 4.98 Å². The fraction of sp³-hybridized carbons (Fsp3) is 0.410. The fourth-order valence-corrected chi connectivity index (χ4v) is 5.96. The predicted octanol–water partition coefficient (Wildman–Crippen LogP) is 8.83. The summed E-state index contributed by atoms with van der Waals surface area (Å²) in [6.07, 6.45) is 3.10. The zero-order valence-electron chi connectivity index (χ0n) is 29.1. The summed E-state index contributed by atoms with van der Waals surface area (Å²) in [6, 6.07) is 18.1. The van der Waals surface area contributed by atoms with E-state index in [1.807, 2.05) is 71.0 Å². The van der Waals surface area contributed by atoms with Crippen molar-refractivity contribution in [2.75, 3.05) is 29.9 Å². The van der Waals surface area contributed by atoms with Crippen LogP contribution in [0.3, 0.4) is 0 Å². The largest absolute Gasteiger partial charge is 0.493 e. The number of nitrogens with one attached hydrogen (secondary N) is 1. The van der Waals surface area contributed by atoms with E-state index in [9.17, 15) is 14.3 Å². The number of pyridine rings is 2. The van der Waals surface area contributed by atoms with Gasteiger partial charge < -0.3 is 24.8 Å². The standard InChI is InChI=1S/C39H47FN4O4/c1-25-8-15-30(24-41-25)43-36-33(28-11-16-31(17-12-28)47-23-18-27-9-13-29(40)14-10-27)34(44-21-19-39(6,7)20-22-44)32(26(2)42-36)35(37(45)46)48-38(3,4)5/h8-17,24,35H,18-23H2,1-7H3,(H,42,43)(H,45,46)/t35-/m0/s1. The smallest absolute Gasteiger partial charge is 0.337 e. The highest BCUT2D eigenvalue weighted by Crippen LogP contribution is 2.47. The Morgan fingerprint density at radius 2 is 1.69 bits per heavy atom. The monoisotopic (exact) mass is 654 g/mol. The Kier molecular flexibility index (Phi) is 10.4. The van der Waals surface area contributed by atoms with Crippen LogP contribution in [0, 0.1) is 25.1 Å². The molecule has 2 aromatic carbocycles. The van der Waals surface area contributed by atoms with Crippen LogP contribution in [-0.4, -0.2) is 46.3 Å². The minimum absolute atomic E-state index is 0.175. The lowest BCUT2D eigenvalue weighted by atomic mass is 9.82. The van der Waals surface area contributed by atoms with E-state index >= 15 is 0 Å². The molecule has 0 amide bonds. The van der Waals surface area contributed by atoms with Gasteiger partial charge in [-0.15, -0.1) is 0 Å². The second-order valence-corrected chi connectivity index (χ2v) is 14.3. The number of nitrogens with zero attached hydrogens (tertiary/aromatic N) is 3. The number of ether oxygens (including phenoxy) is 2. The Balaban J connectivity index is 1.62. The van der Waals surface area contributed by atoms with E-state index in [0.29, 0.717) is 35.9 Å². The lowest BCUT2D eigenvalue weighted by Gasteiger charge is -2.41. The topological polar surface area (TPSA) is 96.8 Å². The van der Waals surface area contributed by atoms with Crippen LogP contribution in [0.25, 0.3) is 11.1 Å². The van der Waals surface area contributed by atoms with Crippen molar-refractivity contribution < 1.29 is 23.8 Å². The molecule has 254 valence electrons. The van der Waals surface area contributed by atoms with E-state index in [1.54, 1.807) is 18.3 Å². The molecule has 9 heteroatoms. The van der Waals surface area contributed by atoms with Gasteiger partial charge in [0.05, 0.1) is 29.8 Å². The molecule has 8 nitrogen and oxygen atoms in total. The fourth-order valence-electron chi connectivity index (χ4n) is 5.96. The first-order chi connectivity index (χ1) is 22.7. The maximum absolute atomic E-state index is 13.3. The minimum Gasteiger partial charge on any atom is -0.493 e. The van der Waals surface area contributed by atoms with E-state index in [2.05, 4.69) is 29.0 Å². The number of rotatable bonds is 11. The molecule has 0 unspecified atom stereocenters. The molecule has 1 saturated heterocycles. The second kappa shape index (κ2) is 14.3. The van der Waals surface area contributed by atoms with Gasteiger partial charge in [-0.05, 0) is 100 Å². The molecular formula is C39H47FN4O4. The number of hydrogen-bond donors (Lipinski definition) is 2. The first-order valence-corrected chi connectivity index (χ1v) is 16.6. The van der Waals surface area contributed by atoms with E-state index in [1.165, 1.54) is 12.1 Å². The molecule has 5 rings (SSSR count). The summed E-state index contributed by atoms with van der Waals surface area (Å²) in [7, 11) is 0. The summed E-state index contributed by atoms with van der Waals surface area (Å²) < 4.78 is 25.7. The number of carbonyl (C=O) groups is 1. The van der Waals surface area contributed by atoms with Crippen molar-refractivity contribution in [3.8, 4) is 16.9 Å². The zero-order chi connectivity index (χ0) is 34.6. The van der Waals surface area contributed by atoms with Crippen molar-refractivity contribution in [1.82, 2.24) is 9.97 Å². The van der Waals surface area contributed by atoms with Crippen molar-refractivity contribution in [1.29, 1.82) is 0 Å². The molecule has 0 bridgehead atoms. The molecule has 2 N–H and O–H groups in total. The molecule has 4 aromatic rings. The number of anilines is 3. The van der Waals surface area contributed by atoms with Gasteiger partial charge in [-0.2, -0.15) is 0 Å². The Bertz CT molecular complexity index is 1710. The lowest BCUT2D eigenvalue weighted by molar-refractivity contribution is -0.160. The Morgan fingerprint density at radius 3 is 2.27 bits per heavy atom. The van der Waals surface area contributed by atoms with Gasteiger partial charge in [-0.25, -0.2) is 14.2 Å². The summed E-state index contributed by atoms with van der Waals surface area (Å²) in [4.78, 5) is 24.8. The molecule has 1 atom stereocenters. The van der Waals surface area contributed by atoms with E-state index in [-0.39, 0.29) is 11.2 Å². The SMILES string of the molecule is Cc1ccc(Nc2nc(C)c([C@H](OC(C)(C)C)C(=O)O)c(N3CCC(C)(C)CC3)c2-c2ccc(OCCc3ccc(F)cc3)cc2)cn1. The summed E-state index contributed by atoms with van der Waals surface area (Å²) in [5.74, 6) is -0.0257. The van der Waals surface area contributed by atoms with Crippen molar-refractivity contribution in [3.05, 3.63) is 95.2 Å². The predicted molar refractivity (Wildman–Crippen MR) is 189 cm³/mol. The Hall–Kier alpha value is -4.50. The van der Waals surface area contributed by atoms with Crippen LogP contribution in [0.15, 0.2) is 66.9 Å². The number of hydrogen-bond acceptors (Lipinski definition) is 7. The highest BCUT2D eigenvalue weighted by atomic mass is 19.1. The molecule has 2 aromatic heterocycles. The summed E-state index contributed by atoms with van der Waals surface area (Å²) in [5.41, 5.74) is 5.72. The molecule has 1 aliphatic rings. The maximum atomic E-state index is 13.3. The van der Waals surface area contributed by atoms with Gasteiger partial charge in [0.25, 0.3) is 0 Å². The van der Waals surface area contributed by atoms with Crippen LogP contribution >= 0.6 is 0 Å². The number of piperidine rings is 1. The van der Waals surface area contributed by atoms with Gasteiger partial charge >= 0.3 is 5.97 Å². The van der Waals surface area contributed by atoms with Crippen LogP contribution in [0.4, 0.5) is 21.6 Å². The number of aromatic nitrogens is 2. The average Bonchev–Trinajstić information content (AvgIpc) is 3.02. The van der Waals surface area contributed by atoms with E-state index in [4.69, 9.17) is 14.5 Å². The van der Waals surface area contributed by atoms with Crippen LogP contribution < -0.4 is 15.0 Å². The van der Waals surface area contributed by atoms with Crippen LogP contribution in [0.1, 0.15) is 76.1 Å². The zero-order valence-corrected chi connectivity index (χ0v) is 29.1. The van der Waals surface area contributed by atoms with Crippen LogP contribution in [0.2, 0.25) is 0 Å². The number of halogens is 1. The maximum Gasteiger partial charge on any atom is 0.337 e. The van der Waals surface area contributed by atoms with Crippen molar-refractivity contribution in [3.63, 3.8) is 0 Å². The van der Waals surface area contributed by atoms with Crippen molar-refractivity contribution in [2.45, 2.75) is 79.4 Å². The lowest BCUT2D eigenvalue weighted by Crippen LogP contribution is -2.39. The Labute approximate surface area is 283 Å². The normalized spacial score (nSPS) is 15.2. The third kappa shape index (κ3) is 8.69. The average molecular weight is 655 g/mol. The third-order valence-electron chi connectivity index (χ3n) is 8.68. The second-order valence-electron chi connectivity index (χ2n) is 14.3. The highest BCUT2D eigenvalue weighted by molar-refractivity contribution is 5.93. The minimum atomic E-state index is -1.23. The first kappa shape index (κ1) is 34.8.